The number of amides is 2. The van der Waals surface area contributed by atoms with Gasteiger partial charge < -0.3 is 10.2 Å². The lowest BCUT2D eigenvalue weighted by atomic mass is 10.2. The van der Waals surface area contributed by atoms with Gasteiger partial charge in [-0.15, -0.1) is 0 Å². The number of anilines is 2. The molecule has 124 valence electrons. The summed E-state index contributed by atoms with van der Waals surface area (Å²) < 4.78 is 0.814. The highest BCUT2D eigenvalue weighted by Crippen LogP contribution is 2.18. The molecule has 0 atom stereocenters. The number of benzene rings is 2. The van der Waals surface area contributed by atoms with Crippen LogP contribution in [0, 0.1) is 0 Å². The van der Waals surface area contributed by atoms with Crippen molar-refractivity contribution < 1.29 is 9.59 Å². The minimum absolute atomic E-state index is 0.0716. The summed E-state index contributed by atoms with van der Waals surface area (Å²) in [4.78, 5) is 25.1. The highest BCUT2D eigenvalue weighted by molar-refractivity contribution is 9.10. The van der Waals surface area contributed by atoms with Crippen LogP contribution in [-0.4, -0.2) is 24.0 Å². The number of carbonyl (C=O) groups excluding carboxylic acids is 2. The van der Waals surface area contributed by atoms with Gasteiger partial charge in [0.1, 0.15) is 0 Å². The van der Waals surface area contributed by atoms with Crippen LogP contribution < -0.4 is 15.5 Å². The molecular weight excluding hydrogens is 390 g/mol. The molecule has 0 saturated carbocycles. The first-order chi connectivity index (χ1) is 11.4. The Hall–Kier alpha value is -2.25. The molecule has 0 aliphatic carbocycles. The number of hydrogen-bond donors (Lipinski definition) is 2. The molecule has 0 fully saturated rings. The normalized spacial score (nSPS) is 9.96. The van der Waals surface area contributed by atoms with Crippen LogP contribution in [-0.2, 0) is 4.79 Å². The highest BCUT2D eigenvalue weighted by Gasteiger charge is 2.10. The van der Waals surface area contributed by atoms with Gasteiger partial charge in [-0.2, -0.15) is 0 Å². The molecule has 2 amide bonds. The van der Waals surface area contributed by atoms with E-state index in [4.69, 9.17) is 12.2 Å². The molecular formula is C17H16BrN3O2S. The van der Waals surface area contributed by atoms with Crippen molar-refractivity contribution in [1.82, 2.24) is 5.32 Å². The molecule has 2 N–H and O–H groups in total. The summed E-state index contributed by atoms with van der Waals surface area (Å²) in [7, 11) is 1.69. The van der Waals surface area contributed by atoms with E-state index in [1.807, 2.05) is 12.1 Å². The van der Waals surface area contributed by atoms with E-state index >= 15 is 0 Å². The SMILES string of the molecule is CC(=O)N(C)c1cccc(NC(=S)NC(=O)c2cccc(Br)c2)c1. The summed E-state index contributed by atoms with van der Waals surface area (Å²) in [5, 5.41) is 5.75. The van der Waals surface area contributed by atoms with Crippen LogP contribution in [0.1, 0.15) is 17.3 Å². The van der Waals surface area contributed by atoms with Crippen molar-refractivity contribution in [2.24, 2.45) is 0 Å². The molecule has 0 bridgehead atoms. The maximum absolute atomic E-state index is 12.1. The number of halogens is 1. The first kappa shape index (κ1) is 18.1. The lowest BCUT2D eigenvalue weighted by molar-refractivity contribution is -0.116. The zero-order chi connectivity index (χ0) is 17.7. The van der Waals surface area contributed by atoms with Crippen molar-refractivity contribution in [3.63, 3.8) is 0 Å². The average Bonchev–Trinajstić information content (AvgIpc) is 2.54. The average molecular weight is 406 g/mol. The van der Waals surface area contributed by atoms with E-state index in [0.717, 1.165) is 10.2 Å². The summed E-state index contributed by atoms with van der Waals surface area (Å²) >= 11 is 8.49. The fraction of sp³-hybridized carbons (Fsp3) is 0.118. The maximum Gasteiger partial charge on any atom is 0.257 e. The molecule has 5 nitrogen and oxygen atoms in total. The maximum atomic E-state index is 12.1. The summed E-state index contributed by atoms with van der Waals surface area (Å²) in [6, 6.07) is 14.2. The van der Waals surface area contributed by atoms with Crippen LogP contribution in [0.5, 0.6) is 0 Å². The number of thiocarbonyl (C=S) groups is 1. The Kier molecular flexibility index (Phi) is 6.05. The Labute approximate surface area is 154 Å². The van der Waals surface area contributed by atoms with Crippen molar-refractivity contribution in [3.8, 4) is 0 Å². The molecule has 0 saturated heterocycles. The second kappa shape index (κ2) is 8.03. The van der Waals surface area contributed by atoms with Gasteiger partial charge in [-0.1, -0.05) is 28.1 Å². The largest absolute Gasteiger partial charge is 0.332 e. The predicted octanol–water partition coefficient (Wildman–Crippen LogP) is 3.56. The van der Waals surface area contributed by atoms with Crippen molar-refractivity contribution in [3.05, 3.63) is 58.6 Å². The number of rotatable bonds is 3. The molecule has 0 radical (unpaired) electrons. The zero-order valence-electron chi connectivity index (χ0n) is 13.2. The molecule has 0 aliphatic rings. The van der Waals surface area contributed by atoms with Crippen LogP contribution in [0.4, 0.5) is 11.4 Å². The molecule has 2 aromatic carbocycles. The minimum atomic E-state index is -0.300. The molecule has 24 heavy (non-hydrogen) atoms. The van der Waals surface area contributed by atoms with E-state index in [1.54, 1.807) is 43.4 Å². The lowest BCUT2D eigenvalue weighted by Gasteiger charge is -2.16. The van der Waals surface area contributed by atoms with Crippen LogP contribution in [0.2, 0.25) is 0 Å². The molecule has 0 spiro atoms. The Bertz CT molecular complexity index is 795. The zero-order valence-corrected chi connectivity index (χ0v) is 15.6. The van der Waals surface area contributed by atoms with Gasteiger partial charge in [0.15, 0.2) is 5.11 Å². The quantitative estimate of drug-likeness (QED) is 0.766. The Balaban J connectivity index is 2.03. The number of nitrogens with one attached hydrogen (secondary N) is 2. The number of nitrogens with zero attached hydrogens (tertiary/aromatic N) is 1. The first-order valence-electron chi connectivity index (χ1n) is 7.09. The van der Waals surface area contributed by atoms with Gasteiger partial charge in [-0.3, -0.25) is 14.9 Å². The van der Waals surface area contributed by atoms with E-state index in [0.29, 0.717) is 11.3 Å². The second-order valence-corrected chi connectivity index (χ2v) is 6.37. The third kappa shape index (κ3) is 4.87. The summed E-state index contributed by atoms with van der Waals surface area (Å²) in [5.41, 5.74) is 1.91. The monoisotopic (exact) mass is 405 g/mol. The number of hydrogen-bond acceptors (Lipinski definition) is 3. The second-order valence-electron chi connectivity index (χ2n) is 5.05. The Morgan fingerprint density at radius 2 is 1.83 bits per heavy atom. The summed E-state index contributed by atoms with van der Waals surface area (Å²) in [6.45, 7) is 1.49. The molecule has 0 unspecified atom stereocenters. The van der Waals surface area contributed by atoms with Crippen molar-refractivity contribution >= 4 is 56.4 Å². The predicted molar refractivity (Wildman–Crippen MR) is 103 cm³/mol. The standard InChI is InChI=1S/C17H16BrN3O2S/c1-11(22)21(2)15-8-4-7-14(10-15)19-17(24)20-16(23)12-5-3-6-13(18)9-12/h3-10H,1-2H3,(H2,19,20,23,24). The molecule has 2 aromatic rings. The van der Waals surface area contributed by atoms with Gasteiger partial charge in [0.25, 0.3) is 5.91 Å². The smallest absolute Gasteiger partial charge is 0.257 e. The van der Waals surface area contributed by atoms with Crippen LogP contribution in [0.15, 0.2) is 53.0 Å². The molecule has 2 rings (SSSR count). The van der Waals surface area contributed by atoms with E-state index in [1.165, 1.54) is 11.8 Å². The summed E-state index contributed by atoms with van der Waals surface area (Å²) in [6.07, 6.45) is 0. The minimum Gasteiger partial charge on any atom is -0.332 e. The summed E-state index contributed by atoms with van der Waals surface area (Å²) in [5.74, 6) is -0.372. The van der Waals surface area contributed by atoms with Crippen molar-refractivity contribution in [2.45, 2.75) is 6.92 Å². The fourth-order valence-corrected chi connectivity index (χ4v) is 2.55. The van der Waals surface area contributed by atoms with Gasteiger partial charge in [0.2, 0.25) is 5.91 Å². The molecule has 0 aliphatic heterocycles. The highest BCUT2D eigenvalue weighted by atomic mass is 79.9. The van der Waals surface area contributed by atoms with Gasteiger partial charge in [0.05, 0.1) is 0 Å². The molecule has 0 aromatic heterocycles. The van der Waals surface area contributed by atoms with Crippen LogP contribution >= 0.6 is 28.1 Å². The first-order valence-corrected chi connectivity index (χ1v) is 8.29. The van der Waals surface area contributed by atoms with E-state index < -0.39 is 0 Å². The molecule has 7 heteroatoms. The Morgan fingerprint density at radius 3 is 2.50 bits per heavy atom. The fourth-order valence-electron chi connectivity index (χ4n) is 1.94. The van der Waals surface area contributed by atoms with E-state index in [2.05, 4.69) is 26.6 Å². The topological polar surface area (TPSA) is 61.4 Å². The van der Waals surface area contributed by atoms with Gasteiger partial charge in [-0.05, 0) is 48.6 Å². The van der Waals surface area contributed by atoms with Crippen molar-refractivity contribution in [1.29, 1.82) is 0 Å². The van der Waals surface area contributed by atoms with E-state index in [9.17, 15) is 9.59 Å². The van der Waals surface area contributed by atoms with Crippen molar-refractivity contribution in [2.75, 3.05) is 17.3 Å². The number of carbonyl (C=O) groups is 2. The van der Waals surface area contributed by atoms with Gasteiger partial charge in [0, 0.05) is 35.4 Å². The van der Waals surface area contributed by atoms with E-state index in [-0.39, 0.29) is 16.9 Å². The van der Waals surface area contributed by atoms with Gasteiger partial charge >= 0.3 is 0 Å². The third-order valence-electron chi connectivity index (χ3n) is 3.28. The van der Waals surface area contributed by atoms with Crippen LogP contribution in [0.3, 0.4) is 0 Å². The van der Waals surface area contributed by atoms with Gasteiger partial charge in [-0.25, -0.2) is 0 Å². The lowest BCUT2D eigenvalue weighted by Crippen LogP contribution is -2.34. The van der Waals surface area contributed by atoms with Crippen LogP contribution in [0.25, 0.3) is 0 Å². The Morgan fingerprint density at radius 1 is 1.12 bits per heavy atom. The third-order valence-corrected chi connectivity index (χ3v) is 3.97. The molecule has 0 heterocycles.